The van der Waals surface area contributed by atoms with Crippen molar-refractivity contribution in [3.63, 3.8) is 0 Å². The van der Waals surface area contributed by atoms with Gasteiger partial charge in [-0.2, -0.15) is 0 Å². The van der Waals surface area contributed by atoms with Gasteiger partial charge >= 0.3 is 5.96 Å². The Bertz CT molecular complexity index is 687. The highest BCUT2D eigenvalue weighted by Gasteiger charge is 2.26. The fraction of sp³-hybridized carbons (Fsp3) is 0.438. The third kappa shape index (κ3) is 3.28. The monoisotopic (exact) mass is 365 g/mol. The van der Waals surface area contributed by atoms with Crippen molar-refractivity contribution in [1.29, 1.82) is 0 Å². The lowest BCUT2D eigenvalue weighted by Gasteiger charge is -2.21. The van der Waals surface area contributed by atoms with E-state index in [9.17, 15) is 0 Å². The molecule has 0 amide bonds. The van der Waals surface area contributed by atoms with Gasteiger partial charge in [-0.15, -0.1) is 0 Å². The predicted molar refractivity (Wildman–Crippen MR) is 92.3 cm³/mol. The number of unbranched alkanes of at least 4 members (excludes halogenated alkanes) is 1. The van der Waals surface area contributed by atoms with Crippen molar-refractivity contribution < 1.29 is 10.3 Å². The Kier molecular flexibility index (Phi) is 4.69. The Hall–Kier alpha value is -1.53. The minimum Gasteiger partial charge on any atom is -0.353 e. The Morgan fingerprint density at radius 1 is 1.36 bits per heavy atom. The van der Waals surface area contributed by atoms with E-state index in [0.29, 0.717) is 12.0 Å². The van der Waals surface area contributed by atoms with E-state index < -0.39 is 0 Å². The lowest BCUT2D eigenvalue weighted by molar-refractivity contribution is -0.700. The van der Waals surface area contributed by atoms with Crippen LogP contribution < -0.4 is 21.8 Å². The fourth-order valence-corrected chi connectivity index (χ4v) is 3.73. The molecule has 118 valence electrons. The van der Waals surface area contributed by atoms with Crippen LogP contribution >= 0.6 is 15.9 Å². The maximum Gasteiger partial charge on any atom is 0.338 e. The molecule has 1 aliphatic rings. The summed E-state index contributed by atoms with van der Waals surface area (Å²) >= 11 is 3.55. The average Bonchev–Trinajstić information content (AvgIpc) is 2.84. The minimum absolute atomic E-state index is 0.313. The van der Waals surface area contributed by atoms with Gasteiger partial charge in [-0.1, -0.05) is 22.0 Å². The first-order valence-corrected chi connectivity index (χ1v) is 8.69. The van der Waals surface area contributed by atoms with E-state index in [1.807, 2.05) is 0 Å². The third-order valence-corrected chi connectivity index (χ3v) is 4.88. The van der Waals surface area contributed by atoms with Crippen LogP contribution in [-0.2, 0) is 6.42 Å². The van der Waals surface area contributed by atoms with Crippen LogP contribution in [0.1, 0.15) is 36.6 Å². The van der Waals surface area contributed by atoms with Crippen LogP contribution in [0.15, 0.2) is 22.7 Å². The van der Waals surface area contributed by atoms with E-state index in [1.54, 1.807) is 0 Å². The van der Waals surface area contributed by atoms with Gasteiger partial charge in [0.2, 0.25) is 0 Å². The Balaban J connectivity index is 1.71. The summed E-state index contributed by atoms with van der Waals surface area (Å²) in [5.74, 6) is 0.313. The van der Waals surface area contributed by atoms with E-state index in [0.717, 1.165) is 23.9 Å². The molecule has 1 aromatic heterocycles. The van der Waals surface area contributed by atoms with E-state index in [4.69, 9.17) is 11.5 Å². The summed E-state index contributed by atoms with van der Waals surface area (Å²) in [5.41, 5.74) is 15.0. The van der Waals surface area contributed by atoms with Crippen molar-refractivity contribution in [2.45, 2.75) is 31.7 Å². The summed E-state index contributed by atoms with van der Waals surface area (Å²) in [4.78, 5) is 6.62. The highest BCUT2D eigenvalue weighted by atomic mass is 79.9. The molecular weight excluding hydrogens is 342 g/mol. The van der Waals surface area contributed by atoms with Crippen molar-refractivity contribution in [1.82, 2.24) is 4.98 Å². The number of hydrogen-bond acceptors (Lipinski definition) is 0. The van der Waals surface area contributed by atoms with Crippen molar-refractivity contribution in [2.75, 3.05) is 13.1 Å². The minimum atomic E-state index is 0.313. The summed E-state index contributed by atoms with van der Waals surface area (Å²) in [5, 5.41) is 3.84. The fourth-order valence-electron chi connectivity index (χ4n) is 3.37. The van der Waals surface area contributed by atoms with Crippen LogP contribution in [0.5, 0.6) is 0 Å². The van der Waals surface area contributed by atoms with Gasteiger partial charge in [0.05, 0.1) is 18.8 Å². The zero-order valence-electron chi connectivity index (χ0n) is 12.7. The molecule has 2 heterocycles. The van der Waals surface area contributed by atoms with Crippen LogP contribution in [-0.4, -0.2) is 24.0 Å². The van der Waals surface area contributed by atoms with Crippen LogP contribution in [0.3, 0.4) is 0 Å². The SMILES string of the molecule is NC(N)=[NH+]CCCC[C@@H]1[NH2+]CCc2c1[nH]c1cc(Br)ccc21. The van der Waals surface area contributed by atoms with E-state index in [1.165, 1.54) is 41.5 Å². The maximum absolute atomic E-state index is 5.40. The van der Waals surface area contributed by atoms with Crippen LogP contribution in [0, 0.1) is 0 Å². The van der Waals surface area contributed by atoms with Crippen LogP contribution in [0.2, 0.25) is 0 Å². The molecule has 1 aromatic carbocycles. The molecule has 0 bridgehead atoms. The average molecular weight is 366 g/mol. The van der Waals surface area contributed by atoms with E-state index in [-0.39, 0.29) is 0 Å². The standard InChI is InChI=1S/C16H22BrN5/c17-10-4-5-11-12-6-8-20-13(15(12)22-14(11)9-10)3-1-2-7-21-16(18)19/h4-5,9,13,20,22H,1-3,6-8H2,(H4,18,19,21)/p+2/t13-/m0/s1. The molecule has 5 nitrogen and oxygen atoms in total. The number of guanidine groups is 1. The van der Waals surface area contributed by atoms with Gasteiger partial charge in [-0.05, 0) is 30.5 Å². The van der Waals surface area contributed by atoms with Gasteiger partial charge in [0.15, 0.2) is 0 Å². The van der Waals surface area contributed by atoms with Gasteiger partial charge in [0.1, 0.15) is 6.04 Å². The van der Waals surface area contributed by atoms with Crippen molar-refractivity contribution in [3.05, 3.63) is 33.9 Å². The molecule has 1 aliphatic heterocycles. The highest BCUT2D eigenvalue weighted by Crippen LogP contribution is 2.31. The van der Waals surface area contributed by atoms with Crippen molar-refractivity contribution in [2.24, 2.45) is 11.5 Å². The Morgan fingerprint density at radius 2 is 2.23 bits per heavy atom. The van der Waals surface area contributed by atoms with Gasteiger partial charge < -0.3 is 10.3 Å². The molecule has 1 atom stereocenters. The molecule has 2 aromatic rings. The number of nitrogens with one attached hydrogen (secondary N) is 2. The number of aromatic amines is 1. The Labute approximate surface area is 138 Å². The molecule has 0 fully saturated rings. The molecule has 0 saturated carbocycles. The number of nitrogens with two attached hydrogens (primary N) is 3. The number of quaternary nitrogens is 1. The van der Waals surface area contributed by atoms with Crippen molar-refractivity contribution in [3.8, 4) is 0 Å². The quantitative estimate of drug-likeness (QED) is 0.283. The second-order valence-electron chi connectivity index (χ2n) is 5.97. The number of hydrogen-bond donors (Lipinski definition) is 5. The number of benzene rings is 1. The summed E-state index contributed by atoms with van der Waals surface area (Å²) in [6.45, 7) is 2.02. The molecule has 0 saturated heterocycles. The smallest absolute Gasteiger partial charge is 0.338 e. The summed E-state index contributed by atoms with van der Waals surface area (Å²) in [6.07, 6.45) is 4.57. The first kappa shape index (κ1) is 15.4. The lowest BCUT2D eigenvalue weighted by Crippen LogP contribution is -2.87. The molecule has 6 heteroatoms. The van der Waals surface area contributed by atoms with E-state index in [2.05, 4.69) is 49.4 Å². The second kappa shape index (κ2) is 6.71. The molecule has 0 aliphatic carbocycles. The van der Waals surface area contributed by atoms with Crippen LogP contribution in [0.25, 0.3) is 10.9 Å². The topological polar surface area (TPSA) is 98.4 Å². The summed E-state index contributed by atoms with van der Waals surface area (Å²) in [6, 6.07) is 7.06. The summed E-state index contributed by atoms with van der Waals surface area (Å²) < 4.78 is 1.13. The number of rotatable bonds is 5. The second-order valence-corrected chi connectivity index (χ2v) is 6.88. The van der Waals surface area contributed by atoms with Gasteiger partial charge in [0, 0.05) is 28.2 Å². The van der Waals surface area contributed by atoms with Gasteiger partial charge in [-0.25, -0.2) is 0 Å². The molecule has 0 unspecified atom stereocenters. The molecule has 8 N–H and O–H groups in total. The molecule has 22 heavy (non-hydrogen) atoms. The molecular formula is C16H24BrN5+2. The predicted octanol–water partition coefficient (Wildman–Crippen LogP) is -0.385. The number of H-pyrrole nitrogens is 1. The largest absolute Gasteiger partial charge is 0.353 e. The van der Waals surface area contributed by atoms with Gasteiger partial charge in [0.25, 0.3) is 0 Å². The lowest BCUT2D eigenvalue weighted by atomic mass is 9.96. The van der Waals surface area contributed by atoms with Crippen LogP contribution in [0.4, 0.5) is 0 Å². The summed E-state index contributed by atoms with van der Waals surface area (Å²) in [7, 11) is 0. The highest BCUT2D eigenvalue weighted by molar-refractivity contribution is 9.10. The normalized spacial score (nSPS) is 17.4. The molecule has 3 rings (SSSR count). The Morgan fingerprint density at radius 3 is 3.05 bits per heavy atom. The zero-order chi connectivity index (χ0) is 15.5. The first-order valence-electron chi connectivity index (χ1n) is 7.90. The number of fused-ring (bicyclic) bond motifs is 3. The third-order valence-electron chi connectivity index (χ3n) is 4.39. The first-order chi connectivity index (χ1) is 10.6. The maximum atomic E-state index is 5.40. The molecule has 0 spiro atoms. The number of aromatic nitrogens is 1. The van der Waals surface area contributed by atoms with E-state index >= 15 is 0 Å². The van der Waals surface area contributed by atoms with Gasteiger partial charge in [-0.3, -0.25) is 16.5 Å². The molecule has 0 radical (unpaired) electrons. The van der Waals surface area contributed by atoms with Crippen molar-refractivity contribution >= 4 is 32.8 Å². The zero-order valence-corrected chi connectivity index (χ0v) is 14.2. The number of halogens is 1.